The minimum atomic E-state index is -0.425. The minimum absolute atomic E-state index is 0.0820. The lowest BCUT2D eigenvalue weighted by Crippen LogP contribution is -1.98. The average molecular weight is 720 g/mol. The molecule has 0 amide bonds. The van der Waals surface area contributed by atoms with E-state index in [1.165, 1.54) is 0 Å². The lowest BCUT2D eigenvalue weighted by Gasteiger charge is -2.16. The minimum Gasteiger partial charge on any atom is -0.309 e. The fourth-order valence-electron chi connectivity index (χ4n) is 8.23. The largest absolute Gasteiger partial charge is 0.309 e. The molecule has 0 saturated carbocycles. The molecule has 0 radical (unpaired) electrons. The van der Waals surface area contributed by atoms with E-state index in [1.54, 1.807) is 4.57 Å². The van der Waals surface area contributed by atoms with Crippen LogP contribution >= 0.6 is 0 Å². The van der Waals surface area contributed by atoms with E-state index in [2.05, 4.69) is 59.2 Å². The van der Waals surface area contributed by atoms with Gasteiger partial charge in [0.15, 0.2) is 0 Å². The normalized spacial score (nSPS) is 13.3. The number of hydrogen-bond donors (Lipinski definition) is 0. The highest BCUT2D eigenvalue weighted by Gasteiger charge is 2.20. The Bertz CT molecular complexity index is 3630. The Balaban J connectivity index is 1.22. The zero-order valence-corrected chi connectivity index (χ0v) is 30.1. The molecule has 0 atom stereocenters. The van der Waals surface area contributed by atoms with Crippen molar-refractivity contribution >= 4 is 43.6 Å². The molecule has 0 aliphatic carbocycles. The van der Waals surface area contributed by atoms with Crippen LogP contribution < -0.4 is 0 Å². The molecule has 2 aromatic heterocycles. The fourth-order valence-corrected chi connectivity index (χ4v) is 8.23. The summed E-state index contributed by atoms with van der Waals surface area (Å²) in [5, 5.41) is 2.22. The van der Waals surface area contributed by atoms with E-state index < -0.39 is 12.1 Å². The second-order valence-electron chi connectivity index (χ2n) is 14.0. The lowest BCUT2D eigenvalue weighted by atomic mass is 9.99. The van der Waals surface area contributed by atoms with Gasteiger partial charge in [0.25, 0.3) is 0 Å². The first-order valence-corrected chi connectivity index (χ1v) is 18.7. The van der Waals surface area contributed by atoms with Gasteiger partial charge in [0.05, 0.1) is 37.3 Å². The summed E-state index contributed by atoms with van der Waals surface area (Å²) in [6.45, 7) is 0. The molecule has 2 heterocycles. The smallest absolute Gasteiger partial charge is 0.0645 e. The fraction of sp³-hybridized carbons (Fsp3) is 0. The third kappa shape index (κ3) is 5.19. The van der Waals surface area contributed by atoms with Gasteiger partial charge in [-0.3, -0.25) is 0 Å². The number of hydrogen-bond acceptors (Lipinski definition) is 0. The SMILES string of the molecule is [2H]c1c([2H])c([2H])c2c(c1[2H])c1c([2H])c(-c3ccc4c(c3)c3cccc(-c5ccccc5)c3n4-c3ccccc3-c3ccccc3)c([2H])c([2H])c1n2-c1cccc(-c2ccccc2)c1. The molecular weight excluding hydrogens is 677 g/mol. The Morgan fingerprint density at radius 3 is 1.77 bits per heavy atom. The first-order valence-electron chi connectivity index (χ1n) is 22.2. The molecule has 9 aromatic carbocycles. The summed E-state index contributed by atoms with van der Waals surface area (Å²) in [6, 6.07) is 56.7. The third-order valence-corrected chi connectivity index (χ3v) is 10.8. The number of para-hydroxylation sites is 3. The average Bonchev–Trinajstić information content (AvgIpc) is 3.87. The summed E-state index contributed by atoms with van der Waals surface area (Å²) in [6.07, 6.45) is 0. The molecule has 0 saturated heterocycles. The molecule has 0 spiro atoms. The van der Waals surface area contributed by atoms with Crippen LogP contribution in [0.5, 0.6) is 0 Å². The third-order valence-electron chi connectivity index (χ3n) is 10.8. The summed E-state index contributed by atoms with van der Waals surface area (Å²) in [5.74, 6) is 0. The molecule has 0 bridgehead atoms. The Hall–Kier alpha value is -7.42. The molecule has 0 unspecified atom stereocenters. The van der Waals surface area contributed by atoms with Gasteiger partial charge in [0.2, 0.25) is 0 Å². The van der Waals surface area contributed by atoms with E-state index >= 15 is 0 Å². The standard InChI is InChI=1S/C54H36N2/c1-4-16-37(17-5-1)40-22-14-23-43(34-40)55-51-29-13-11-25-46(51)48-35-41(30-32-52(48)55)42-31-33-53-49(36-42)47-27-15-26-45(39-20-8-3-9-21-39)54(47)56(53)50-28-12-10-24-44(50)38-18-6-2-7-19-38/h1-36H/i11D,13D,25D,29D,30D,32D,35D. The highest BCUT2D eigenvalue weighted by atomic mass is 15.0. The summed E-state index contributed by atoms with van der Waals surface area (Å²) >= 11 is 0. The second-order valence-corrected chi connectivity index (χ2v) is 14.0. The van der Waals surface area contributed by atoms with Gasteiger partial charge in [-0.15, -0.1) is 0 Å². The van der Waals surface area contributed by atoms with Crippen LogP contribution in [0.4, 0.5) is 0 Å². The number of nitrogens with zero attached hydrogens (tertiary/aromatic N) is 2. The topological polar surface area (TPSA) is 9.86 Å². The molecule has 0 N–H and O–H groups in total. The van der Waals surface area contributed by atoms with Crippen LogP contribution in [0.3, 0.4) is 0 Å². The predicted octanol–water partition coefficient (Wildman–Crippen LogP) is 14.5. The molecule has 2 nitrogen and oxygen atoms in total. The number of rotatable bonds is 6. The molecule has 56 heavy (non-hydrogen) atoms. The molecule has 11 rings (SSSR count). The van der Waals surface area contributed by atoms with Gasteiger partial charge in [-0.1, -0.05) is 170 Å². The molecule has 2 heteroatoms. The number of fused-ring (bicyclic) bond motifs is 6. The van der Waals surface area contributed by atoms with E-state index in [0.29, 0.717) is 11.3 Å². The van der Waals surface area contributed by atoms with Gasteiger partial charge >= 0.3 is 0 Å². The van der Waals surface area contributed by atoms with Crippen molar-refractivity contribution in [3.8, 4) is 55.9 Å². The lowest BCUT2D eigenvalue weighted by molar-refractivity contribution is 1.18. The van der Waals surface area contributed by atoms with Crippen molar-refractivity contribution in [3.05, 3.63) is 218 Å². The molecule has 0 aliphatic heterocycles. The zero-order valence-electron chi connectivity index (χ0n) is 37.1. The Labute approximate surface area is 335 Å². The van der Waals surface area contributed by atoms with Crippen LogP contribution in [0.15, 0.2) is 218 Å². The first-order chi connectivity index (χ1) is 30.7. The maximum absolute atomic E-state index is 9.95. The van der Waals surface area contributed by atoms with Gasteiger partial charge in [0, 0.05) is 38.4 Å². The Morgan fingerprint density at radius 2 is 0.964 bits per heavy atom. The summed E-state index contributed by atoms with van der Waals surface area (Å²) in [7, 11) is 0. The monoisotopic (exact) mass is 719 g/mol. The van der Waals surface area contributed by atoms with Crippen LogP contribution in [0.25, 0.3) is 99.5 Å². The maximum atomic E-state index is 9.95. The van der Waals surface area contributed by atoms with E-state index in [1.807, 2.05) is 121 Å². The van der Waals surface area contributed by atoms with E-state index in [0.717, 1.165) is 60.9 Å². The molecule has 0 fully saturated rings. The van der Waals surface area contributed by atoms with Crippen molar-refractivity contribution in [3.63, 3.8) is 0 Å². The zero-order chi connectivity index (χ0) is 43.1. The van der Waals surface area contributed by atoms with E-state index in [9.17, 15) is 6.85 Å². The summed E-state index contributed by atoms with van der Waals surface area (Å²) in [4.78, 5) is 0. The van der Waals surface area contributed by atoms with Crippen molar-refractivity contribution in [1.29, 1.82) is 0 Å². The molecule has 11 aromatic rings. The van der Waals surface area contributed by atoms with Gasteiger partial charge in [-0.25, -0.2) is 0 Å². The molecule has 262 valence electrons. The quantitative estimate of drug-likeness (QED) is 0.162. The van der Waals surface area contributed by atoms with Crippen LogP contribution in [-0.4, -0.2) is 9.13 Å². The van der Waals surface area contributed by atoms with Crippen molar-refractivity contribution in [2.75, 3.05) is 0 Å². The van der Waals surface area contributed by atoms with Gasteiger partial charge < -0.3 is 9.13 Å². The Morgan fingerprint density at radius 1 is 0.339 bits per heavy atom. The predicted molar refractivity (Wildman–Crippen MR) is 237 cm³/mol. The first kappa shape index (κ1) is 25.6. The van der Waals surface area contributed by atoms with Gasteiger partial charge in [-0.2, -0.15) is 0 Å². The van der Waals surface area contributed by atoms with Crippen molar-refractivity contribution < 1.29 is 9.60 Å². The van der Waals surface area contributed by atoms with E-state index in [-0.39, 0.29) is 57.6 Å². The van der Waals surface area contributed by atoms with Crippen molar-refractivity contribution in [2.24, 2.45) is 0 Å². The Kier molecular flexibility index (Phi) is 6.01. The summed E-state index contributed by atoms with van der Waals surface area (Å²) < 4.78 is 69.0. The van der Waals surface area contributed by atoms with Crippen molar-refractivity contribution in [1.82, 2.24) is 9.13 Å². The van der Waals surface area contributed by atoms with Crippen molar-refractivity contribution in [2.45, 2.75) is 0 Å². The molecular formula is C54H36N2. The van der Waals surface area contributed by atoms with Crippen LogP contribution in [0.2, 0.25) is 0 Å². The van der Waals surface area contributed by atoms with Crippen LogP contribution in [0, 0.1) is 0 Å². The maximum Gasteiger partial charge on any atom is 0.0645 e. The van der Waals surface area contributed by atoms with Gasteiger partial charge in [0.1, 0.15) is 0 Å². The van der Waals surface area contributed by atoms with Crippen LogP contribution in [0.1, 0.15) is 9.60 Å². The number of benzene rings is 9. The second kappa shape index (κ2) is 13.2. The highest BCUT2D eigenvalue weighted by Crippen LogP contribution is 2.43. The highest BCUT2D eigenvalue weighted by molar-refractivity contribution is 6.16. The van der Waals surface area contributed by atoms with E-state index in [4.69, 9.17) is 2.74 Å². The molecule has 0 aliphatic rings. The number of aromatic nitrogens is 2. The summed E-state index contributed by atoms with van der Waals surface area (Å²) in [5.41, 5.74) is 10.7. The van der Waals surface area contributed by atoms with Crippen LogP contribution in [-0.2, 0) is 0 Å². The van der Waals surface area contributed by atoms with Gasteiger partial charge in [-0.05, 0) is 81.8 Å².